The van der Waals surface area contributed by atoms with Crippen LogP contribution in [0.2, 0.25) is 0 Å². The van der Waals surface area contributed by atoms with Crippen LogP contribution in [-0.4, -0.2) is 22.8 Å². The molecule has 0 spiro atoms. The lowest BCUT2D eigenvalue weighted by Gasteiger charge is -2.26. The van der Waals surface area contributed by atoms with E-state index in [9.17, 15) is 9.90 Å². The second kappa shape index (κ2) is 5.74. The lowest BCUT2D eigenvalue weighted by atomic mass is 9.81. The summed E-state index contributed by atoms with van der Waals surface area (Å²) in [4.78, 5) is 10.9. The number of hydrogen-bond donors (Lipinski definition) is 2. The molecule has 1 aromatic carbocycles. The maximum atomic E-state index is 10.9. The van der Waals surface area contributed by atoms with Crippen molar-refractivity contribution in [3.63, 3.8) is 0 Å². The van der Waals surface area contributed by atoms with E-state index in [0.717, 1.165) is 27.8 Å². The zero-order chi connectivity index (χ0) is 14.9. The number of hydrogen-bond acceptors (Lipinski definition) is 3. The molecule has 0 aromatic heterocycles. The van der Waals surface area contributed by atoms with Gasteiger partial charge >= 0.3 is 5.97 Å². The summed E-state index contributed by atoms with van der Waals surface area (Å²) in [5.74, 6) is -0.0928. The van der Waals surface area contributed by atoms with Crippen molar-refractivity contribution in [1.82, 2.24) is 0 Å². The van der Waals surface area contributed by atoms with E-state index in [1.807, 2.05) is 26.0 Å². The molecule has 0 amide bonds. The number of aliphatic hydroxyl groups is 1. The van der Waals surface area contributed by atoms with Crippen LogP contribution in [0.3, 0.4) is 0 Å². The Kier molecular flexibility index (Phi) is 4.39. The van der Waals surface area contributed by atoms with Crippen molar-refractivity contribution in [3.05, 3.63) is 27.7 Å². The number of halogens is 1. The number of ether oxygens (including phenoxy) is 1. The number of aliphatic carboxylic acids is 1. The first kappa shape index (κ1) is 15.3. The number of rotatable bonds is 5. The molecular formula is C15H19BrO4. The molecule has 1 heterocycles. The third-order valence-electron chi connectivity index (χ3n) is 3.51. The number of carbonyl (C=O) groups is 1. The van der Waals surface area contributed by atoms with Gasteiger partial charge in [0.2, 0.25) is 0 Å². The molecule has 0 saturated carbocycles. The van der Waals surface area contributed by atoms with Gasteiger partial charge in [-0.15, -0.1) is 0 Å². The minimum absolute atomic E-state index is 0.0289. The average Bonchev–Trinajstić information content (AvgIpc) is 2.72. The van der Waals surface area contributed by atoms with Gasteiger partial charge in [0.25, 0.3) is 0 Å². The largest absolute Gasteiger partial charge is 0.493 e. The van der Waals surface area contributed by atoms with Crippen LogP contribution in [0.5, 0.6) is 5.75 Å². The molecule has 5 heteroatoms. The molecule has 1 aliphatic heterocycles. The Balaban J connectivity index is 2.22. The lowest BCUT2D eigenvalue weighted by Crippen LogP contribution is -2.20. The van der Waals surface area contributed by atoms with Gasteiger partial charge in [-0.25, -0.2) is 0 Å². The molecule has 20 heavy (non-hydrogen) atoms. The van der Waals surface area contributed by atoms with Crippen molar-refractivity contribution in [2.24, 2.45) is 5.41 Å². The van der Waals surface area contributed by atoms with Gasteiger partial charge < -0.3 is 14.9 Å². The molecule has 0 bridgehead atoms. The van der Waals surface area contributed by atoms with Gasteiger partial charge in [0.15, 0.2) is 0 Å². The van der Waals surface area contributed by atoms with Gasteiger partial charge in [-0.3, -0.25) is 4.79 Å². The fourth-order valence-electron chi connectivity index (χ4n) is 2.66. The Bertz CT molecular complexity index is 525. The van der Waals surface area contributed by atoms with Crippen molar-refractivity contribution in [2.75, 3.05) is 6.61 Å². The zero-order valence-electron chi connectivity index (χ0n) is 11.6. The monoisotopic (exact) mass is 342 g/mol. The molecule has 4 nitrogen and oxygen atoms in total. The zero-order valence-corrected chi connectivity index (χ0v) is 13.2. The molecule has 0 saturated heterocycles. The van der Waals surface area contributed by atoms with E-state index in [1.54, 1.807) is 0 Å². The first-order valence-corrected chi connectivity index (χ1v) is 7.43. The molecule has 1 atom stereocenters. The number of carboxylic acids is 1. The predicted octanol–water partition coefficient (Wildman–Crippen LogP) is 3.31. The van der Waals surface area contributed by atoms with Gasteiger partial charge in [-0.05, 0) is 29.5 Å². The highest BCUT2D eigenvalue weighted by atomic mass is 79.9. The van der Waals surface area contributed by atoms with E-state index < -0.39 is 17.5 Å². The van der Waals surface area contributed by atoms with Crippen molar-refractivity contribution >= 4 is 21.9 Å². The van der Waals surface area contributed by atoms with Gasteiger partial charge in [0.1, 0.15) is 5.75 Å². The minimum atomic E-state index is -0.849. The Morgan fingerprint density at radius 1 is 1.50 bits per heavy atom. The van der Waals surface area contributed by atoms with Crippen LogP contribution in [-0.2, 0) is 11.2 Å². The molecule has 0 radical (unpaired) electrons. The van der Waals surface area contributed by atoms with Crippen molar-refractivity contribution in [1.29, 1.82) is 0 Å². The fourth-order valence-corrected chi connectivity index (χ4v) is 3.18. The molecule has 2 N–H and O–H groups in total. The summed E-state index contributed by atoms with van der Waals surface area (Å²) in [5.41, 5.74) is 1.36. The van der Waals surface area contributed by atoms with Gasteiger partial charge in [0, 0.05) is 16.5 Å². The van der Waals surface area contributed by atoms with Crippen LogP contribution in [0.15, 0.2) is 16.6 Å². The molecule has 0 aliphatic carbocycles. The molecule has 110 valence electrons. The van der Waals surface area contributed by atoms with Gasteiger partial charge in [0.05, 0.1) is 19.1 Å². The number of benzene rings is 1. The highest BCUT2D eigenvalue weighted by Gasteiger charge is 2.29. The normalized spacial score (nSPS) is 15.6. The summed E-state index contributed by atoms with van der Waals surface area (Å²) >= 11 is 3.44. The van der Waals surface area contributed by atoms with Crippen LogP contribution >= 0.6 is 15.9 Å². The molecule has 2 rings (SSSR count). The standard InChI is InChI=1S/C15H19BrO4/c1-15(2,8-13(18)19)7-12(17)11-6-10(16)5-9-3-4-20-14(9)11/h5-6,12,17H,3-4,7-8H2,1-2H3,(H,18,19). The summed E-state index contributed by atoms with van der Waals surface area (Å²) in [6, 6.07) is 3.85. The quantitative estimate of drug-likeness (QED) is 0.861. The number of aliphatic hydroxyl groups excluding tert-OH is 1. The predicted molar refractivity (Wildman–Crippen MR) is 79.0 cm³/mol. The highest BCUT2D eigenvalue weighted by molar-refractivity contribution is 9.10. The molecule has 1 aromatic rings. The highest BCUT2D eigenvalue weighted by Crippen LogP contribution is 2.41. The first-order valence-electron chi connectivity index (χ1n) is 6.63. The smallest absolute Gasteiger partial charge is 0.303 e. The molecule has 0 fully saturated rings. The topological polar surface area (TPSA) is 66.8 Å². The van der Waals surface area contributed by atoms with Crippen LogP contribution < -0.4 is 4.74 Å². The molecular weight excluding hydrogens is 324 g/mol. The van der Waals surface area contributed by atoms with E-state index in [1.165, 1.54) is 0 Å². The third-order valence-corrected chi connectivity index (χ3v) is 3.97. The van der Waals surface area contributed by atoms with Gasteiger partial charge in [-0.1, -0.05) is 29.8 Å². The summed E-state index contributed by atoms with van der Waals surface area (Å²) in [5, 5.41) is 19.4. The van der Waals surface area contributed by atoms with E-state index in [4.69, 9.17) is 9.84 Å². The summed E-state index contributed by atoms with van der Waals surface area (Å²) in [6.45, 7) is 4.33. The van der Waals surface area contributed by atoms with E-state index >= 15 is 0 Å². The van der Waals surface area contributed by atoms with E-state index in [-0.39, 0.29) is 6.42 Å². The van der Waals surface area contributed by atoms with Crippen molar-refractivity contribution in [2.45, 2.75) is 39.2 Å². The van der Waals surface area contributed by atoms with Crippen molar-refractivity contribution in [3.8, 4) is 5.75 Å². The van der Waals surface area contributed by atoms with Crippen LogP contribution in [0.4, 0.5) is 0 Å². The Morgan fingerprint density at radius 2 is 2.20 bits per heavy atom. The lowest BCUT2D eigenvalue weighted by molar-refractivity contribution is -0.139. The Labute approximate surface area is 126 Å². The number of carboxylic acid groups (broad SMARTS) is 1. The number of fused-ring (bicyclic) bond motifs is 1. The third kappa shape index (κ3) is 3.52. The maximum absolute atomic E-state index is 10.9. The average molecular weight is 343 g/mol. The van der Waals surface area contributed by atoms with E-state index in [2.05, 4.69) is 15.9 Å². The molecule has 1 unspecified atom stereocenters. The van der Waals surface area contributed by atoms with Crippen LogP contribution in [0, 0.1) is 5.41 Å². The second-order valence-electron chi connectivity index (χ2n) is 6.04. The second-order valence-corrected chi connectivity index (χ2v) is 6.95. The first-order chi connectivity index (χ1) is 9.28. The summed E-state index contributed by atoms with van der Waals surface area (Å²) in [6.07, 6.45) is 0.522. The maximum Gasteiger partial charge on any atom is 0.303 e. The fraction of sp³-hybridized carbons (Fsp3) is 0.533. The van der Waals surface area contributed by atoms with Gasteiger partial charge in [-0.2, -0.15) is 0 Å². The Hall–Kier alpha value is -1.07. The van der Waals surface area contributed by atoms with Crippen LogP contribution in [0.1, 0.15) is 43.9 Å². The summed E-state index contributed by atoms with van der Waals surface area (Å²) < 4.78 is 6.51. The SMILES string of the molecule is CC(C)(CC(=O)O)CC(O)c1cc(Br)cc2c1OCC2. The van der Waals surface area contributed by atoms with Crippen molar-refractivity contribution < 1.29 is 19.7 Å². The Morgan fingerprint density at radius 3 is 2.85 bits per heavy atom. The van der Waals surface area contributed by atoms with Crippen LogP contribution in [0.25, 0.3) is 0 Å². The van der Waals surface area contributed by atoms with E-state index in [0.29, 0.717) is 13.0 Å². The minimum Gasteiger partial charge on any atom is -0.493 e. The summed E-state index contributed by atoms with van der Waals surface area (Å²) in [7, 11) is 0. The molecule has 1 aliphatic rings.